The van der Waals surface area contributed by atoms with Crippen molar-refractivity contribution in [1.29, 1.82) is 0 Å². The van der Waals surface area contributed by atoms with Gasteiger partial charge >= 0.3 is 0 Å². The quantitative estimate of drug-likeness (QED) is 0.401. The van der Waals surface area contributed by atoms with Crippen LogP contribution in [0.4, 0.5) is 0 Å². The van der Waals surface area contributed by atoms with Gasteiger partial charge in [-0.1, -0.05) is 101 Å². The maximum atomic E-state index is 3.92. The molecule has 26 heavy (non-hydrogen) atoms. The third-order valence-electron chi connectivity index (χ3n) is 6.43. The van der Waals surface area contributed by atoms with Gasteiger partial charge in [0.15, 0.2) is 0 Å². The van der Waals surface area contributed by atoms with Crippen molar-refractivity contribution in [2.75, 3.05) is 0 Å². The molecule has 3 atom stereocenters. The van der Waals surface area contributed by atoms with Crippen molar-refractivity contribution in [3.05, 3.63) is 118 Å². The summed E-state index contributed by atoms with van der Waals surface area (Å²) in [6.07, 6.45) is 9.25. The summed E-state index contributed by atoms with van der Waals surface area (Å²) in [5.41, 5.74) is 8.44. The SMILES string of the molecule is Brc1cccc2c1C1(c3ccccc3-2)c2ccccc2C2C=CC=CC21. The van der Waals surface area contributed by atoms with Crippen molar-refractivity contribution in [3.8, 4) is 11.1 Å². The molecule has 0 saturated heterocycles. The van der Waals surface area contributed by atoms with E-state index in [0.29, 0.717) is 11.8 Å². The Bertz CT molecular complexity index is 1120. The Hall–Kier alpha value is -2.38. The second kappa shape index (κ2) is 5.08. The van der Waals surface area contributed by atoms with Crippen molar-refractivity contribution in [2.45, 2.75) is 11.3 Å². The Morgan fingerprint density at radius 2 is 1.42 bits per heavy atom. The Kier molecular flexibility index (Phi) is 2.88. The average Bonchev–Trinajstić information content (AvgIpc) is 3.16. The molecule has 6 rings (SSSR count). The largest absolute Gasteiger partial charge is 0.0789 e. The van der Waals surface area contributed by atoms with Crippen LogP contribution < -0.4 is 0 Å². The predicted octanol–water partition coefficient (Wildman–Crippen LogP) is 6.60. The molecule has 0 N–H and O–H groups in total. The van der Waals surface area contributed by atoms with Gasteiger partial charge in [-0.3, -0.25) is 0 Å². The fourth-order valence-electron chi connectivity index (χ4n) is 5.62. The average molecular weight is 397 g/mol. The summed E-state index contributed by atoms with van der Waals surface area (Å²) in [5, 5.41) is 0. The van der Waals surface area contributed by atoms with Crippen molar-refractivity contribution < 1.29 is 0 Å². The normalized spacial score (nSPS) is 26.5. The monoisotopic (exact) mass is 396 g/mol. The van der Waals surface area contributed by atoms with Crippen molar-refractivity contribution in [2.24, 2.45) is 5.92 Å². The lowest BCUT2D eigenvalue weighted by molar-refractivity contribution is 0.464. The van der Waals surface area contributed by atoms with E-state index < -0.39 is 0 Å². The summed E-state index contributed by atoms with van der Waals surface area (Å²) in [5.74, 6) is 0.841. The van der Waals surface area contributed by atoms with E-state index in [4.69, 9.17) is 0 Å². The lowest BCUT2D eigenvalue weighted by atomic mass is 9.65. The van der Waals surface area contributed by atoms with E-state index in [1.165, 1.54) is 37.9 Å². The molecular weight excluding hydrogens is 380 g/mol. The van der Waals surface area contributed by atoms with Crippen LogP contribution in [-0.2, 0) is 5.41 Å². The predicted molar refractivity (Wildman–Crippen MR) is 110 cm³/mol. The number of fused-ring (bicyclic) bond motifs is 10. The standard InChI is InChI=1S/C25H17Br/c26-23-15-7-11-19-18-10-3-6-14-22(18)25(24(19)23)20-12-4-1-8-16(20)17-9-2-5-13-21(17)25/h1-16,20H. The molecule has 0 aromatic heterocycles. The topological polar surface area (TPSA) is 0 Å². The van der Waals surface area contributed by atoms with Gasteiger partial charge in [0.25, 0.3) is 0 Å². The molecule has 3 aliphatic rings. The number of rotatable bonds is 0. The second-order valence-corrected chi connectivity index (χ2v) is 8.28. The lowest BCUT2D eigenvalue weighted by Gasteiger charge is -2.36. The van der Waals surface area contributed by atoms with Gasteiger partial charge in [-0.05, 0) is 39.4 Å². The lowest BCUT2D eigenvalue weighted by Crippen LogP contribution is -2.33. The molecule has 0 amide bonds. The summed E-state index contributed by atoms with van der Waals surface area (Å²) in [6.45, 7) is 0. The second-order valence-electron chi connectivity index (χ2n) is 7.42. The summed E-state index contributed by atoms with van der Waals surface area (Å²) < 4.78 is 1.21. The Labute approximate surface area is 162 Å². The first-order chi connectivity index (χ1) is 12.8. The molecule has 0 radical (unpaired) electrons. The molecule has 3 aliphatic carbocycles. The molecule has 0 nitrogen and oxygen atoms in total. The van der Waals surface area contributed by atoms with Crippen LogP contribution in [0.3, 0.4) is 0 Å². The van der Waals surface area contributed by atoms with Crippen molar-refractivity contribution in [3.63, 3.8) is 0 Å². The van der Waals surface area contributed by atoms with Crippen LogP contribution in [0, 0.1) is 5.92 Å². The Morgan fingerprint density at radius 1 is 0.692 bits per heavy atom. The minimum Gasteiger partial charge on any atom is -0.0789 e. The molecule has 0 saturated carbocycles. The molecule has 124 valence electrons. The number of allylic oxidation sites excluding steroid dienone is 4. The van der Waals surface area contributed by atoms with Crippen LogP contribution in [0.25, 0.3) is 11.1 Å². The molecule has 0 fully saturated rings. The van der Waals surface area contributed by atoms with Gasteiger partial charge in [0.2, 0.25) is 0 Å². The Balaban J connectivity index is 1.83. The van der Waals surface area contributed by atoms with Gasteiger partial charge in [0.1, 0.15) is 0 Å². The molecule has 3 unspecified atom stereocenters. The molecule has 0 aliphatic heterocycles. The van der Waals surface area contributed by atoms with E-state index in [9.17, 15) is 0 Å². The fourth-order valence-corrected chi connectivity index (χ4v) is 6.30. The highest BCUT2D eigenvalue weighted by Gasteiger charge is 2.57. The van der Waals surface area contributed by atoms with E-state index in [0.717, 1.165) is 0 Å². The molecule has 0 bridgehead atoms. The zero-order valence-corrected chi connectivity index (χ0v) is 15.8. The zero-order chi connectivity index (χ0) is 17.3. The highest BCUT2D eigenvalue weighted by molar-refractivity contribution is 9.10. The first-order valence-corrected chi connectivity index (χ1v) is 9.96. The third kappa shape index (κ3) is 1.57. The zero-order valence-electron chi connectivity index (χ0n) is 14.2. The van der Waals surface area contributed by atoms with Crippen molar-refractivity contribution in [1.82, 2.24) is 0 Å². The van der Waals surface area contributed by atoms with Crippen LogP contribution in [0.5, 0.6) is 0 Å². The molecule has 3 aromatic carbocycles. The minimum atomic E-state index is -0.117. The number of hydrogen-bond donors (Lipinski definition) is 0. The number of halogens is 1. The van der Waals surface area contributed by atoms with E-state index >= 15 is 0 Å². The third-order valence-corrected chi connectivity index (χ3v) is 7.09. The summed E-state index contributed by atoms with van der Waals surface area (Å²) in [4.78, 5) is 0. The highest BCUT2D eigenvalue weighted by atomic mass is 79.9. The van der Waals surface area contributed by atoms with Gasteiger partial charge in [-0.2, -0.15) is 0 Å². The highest BCUT2D eigenvalue weighted by Crippen LogP contribution is 2.66. The van der Waals surface area contributed by atoms with Crippen LogP contribution in [0.15, 0.2) is 95.5 Å². The summed E-state index contributed by atoms with van der Waals surface area (Å²) in [7, 11) is 0. The molecule has 0 heterocycles. The van der Waals surface area contributed by atoms with E-state index in [-0.39, 0.29) is 5.41 Å². The smallest absolute Gasteiger partial charge is 0.0549 e. The Morgan fingerprint density at radius 3 is 2.35 bits per heavy atom. The van der Waals surface area contributed by atoms with Gasteiger partial charge in [-0.15, -0.1) is 0 Å². The molecule has 1 spiro atoms. The fraction of sp³-hybridized carbons (Fsp3) is 0.120. The van der Waals surface area contributed by atoms with Crippen LogP contribution in [0.1, 0.15) is 28.2 Å². The first-order valence-electron chi connectivity index (χ1n) is 9.17. The van der Waals surface area contributed by atoms with E-state index in [2.05, 4.69) is 107 Å². The molecule has 1 heteroatoms. The summed E-state index contributed by atoms with van der Waals surface area (Å²) >= 11 is 3.92. The van der Waals surface area contributed by atoms with Crippen LogP contribution in [0.2, 0.25) is 0 Å². The molecular formula is C25H17Br. The van der Waals surface area contributed by atoms with E-state index in [1.807, 2.05) is 0 Å². The maximum Gasteiger partial charge on any atom is 0.0549 e. The first kappa shape index (κ1) is 14.8. The van der Waals surface area contributed by atoms with Crippen LogP contribution >= 0.6 is 15.9 Å². The number of hydrogen-bond acceptors (Lipinski definition) is 0. The molecule has 3 aromatic rings. The van der Waals surface area contributed by atoms with Crippen molar-refractivity contribution >= 4 is 15.9 Å². The summed E-state index contributed by atoms with van der Waals surface area (Å²) in [6, 6.07) is 24.7. The van der Waals surface area contributed by atoms with Gasteiger partial charge in [0, 0.05) is 16.3 Å². The maximum absolute atomic E-state index is 3.92. The van der Waals surface area contributed by atoms with E-state index in [1.54, 1.807) is 0 Å². The van der Waals surface area contributed by atoms with Gasteiger partial charge in [0.05, 0.1) is 5.41 Å². The van der Waals surface area contributed by atoms with Crippen LogP contribution in [-0.4, -0.2) is 0 Å². The minimum absolute atomic E-state index is 0.117. The van der Waals surface area contributed by atoms with Gasteiger partial charge in [-0.25, -0.2) is 0 Å². The van der Waals surface area contributed by atoms with Gasteiger partial charge < -0.3 is 0 Å². The number of benzene rings is 3.